The van der Waals surface area contributed by atoms with Crippen molar-refractivity contribution in [3.05, 3.63) is 88.7 Å². The zero-order valence-electron chi connectivity index (χ0n) is 13.0. The van der Waals surface area contributed by atoms with Gasteiger partial charge in [-0.2, -0.15) is 0 Å². The molecule has 1 aromatic heterocycles. The molecular weight excluding hydrogens is 306 g/mol. The van der Waals surface area contributed by atoms with Gasteiger partial charge in [-0.1, -0.05) is 35.5 Å². The summed E-state index contributed by atoms with van der Waals surface area (Å²) in [7, 11) is 0. The van der Waals surface area contributed by atoms with Crippen LogP contribution >= 0.6 is 0 Å². The SMILES string of the molecule is CC(=NOc1cc(-n2cccc2)cc([N+](=O)[O-])c1)c1ccccc1. The monoisotopic (exact) mass is 321 g/mol. The van der Waals surface area contributed by atoms with E-state index in [4.69, 9.17) is 4.84 Å². The van der Waals surface area contributed by atoms with Gasteiger partial charge < -0.3 is 9.40 Å². The van der Waals surface area contributed by atoms with Crippen LogP contribution in [0.3, 0.4) is 0 Å². The van der Waals surface area contributed by atoms with Crippen LogP contribution in [0.4, 0.5) is 5.69 Å². The maximum atomic E-state index is 11.1. The van der Waals surface area contributed by atoms with E-state index in [0.29, 0.717) is 17.1 Å². The van der Waals surface area contributed by atoms with E-state index in [2.05, 4.69) is 5.16 Å². The second kappa shape index (κ2) is 6.78. The van der Waals surface area contributed by atoms with Crippen molar-refractivity contribution in [1.29, 1.82) is 0 Å². The highest BCUT2D eigenvalue weighted by Crippen LogP contribution is 2.25. The van der Waals surface area contributed by atoms with Gasteiger partial charge in [0.05, 0.1) is 22.4 Å². The largest absolute Gasteiger partial charge is 0.356 e. The fraction of sp³-hybridized carbons (Fsp3) is 0.0556. The molecule has 3 rings (SSSR count). The second-order valence-electron chi connectivity index (χ2n) is 5.17. The number of nitrogens with zero attached hydrogens (tertiary/aromatic N) is 3. The first-order valence-electron chi connectivity index (χ1n) is 7.33. The van der Waals surface area contributed by atoms with Crippen LogP contribution in [-0.4, -0.2) is 15.2 Å². The van der Waals surface area contributed by atoms with E-state index in [0.717, 1.165) is 5.56 Å². The average molecular weight is 321 g/mol. The maximum Gasteiger partial charge on any atom is 0.275 e. The summed E-state index contributed by atoms with van der Waals surface area (Å²) >= 11 is 0. The Balaban J connectivity index is 1.91. The van der Waals surface area contributed by atoms with Gasteiger partial charge in [0.2, 0.25) is 0 Å². The Bertz CT molecular complexity index is 872. The highest BCUT2D eigenvalue weighted by molar-refractivity contribution is 5.98. The molecule has 1 heterocycles. The summed E-state index contributed by atoms with van der Waals surface area (Å²) in [4.78, 5) is 16.1. The molecule has 0 amide bonds. The number of nitro benzene ring substituents is 1. The molecule has 0 aliphatic heterocycles. The number of hydrogen-bond acceptors (Lipinski definition) is 4. The molecular formula is C18H15N3O3. The van der Waals surface area contributed by atoms with Crippen LogP contribution in [0.1, 0.15) is 12.5 Å². The van der Waals surface area contributed by atoms with Crippen LogP contribution in [0.15, 0.2) is 78.2 Å². The lowest BCUT2D eigenvalue weighted by atomic mass is 10.1. The highest BCUT2D eigenvalue weighted by atomic mass is 16.6. The molecule has 24 heavy (non-hydrogen) atoms. The minimum atomic E-state index is -0.451. The van der Waals surface area contributed by atoms with Gasteiger partial charge >= 0.3 is 0 Å². The number of benzene rings is 2. The molecule has 0 saturated carbocycles. The first-order valence-corrected chi connectivity index (χ1v) is 7.33. The topological polar surface area (TPSA) is 69.7 Å². The summed E-state index contributed by atoms with van der Waals surface area (Å²) in [6.45, 7) is 1.82. The van der Waals surface area contributed by atoms with Crippen LogP contribution in [0.25, 0.3) is 5.69 Å². The second-order valence-corrected chi connectivity index (χ2v) is 5.17. The van der Waals surface area contributed by atoms with Crippen molar-refractivity contribution in [2.45, 2.75) is 6.92 Å². The number of aromatic nitrogens is 1. The minimum Gasteiger partial charge on any atom is -0.356 e. The van der Waals surface area contributed by atoms with E-state index in [1.54, 1.807) is 23.0 Å². The Labute approximate surface area is 138 Å². The van der Waals surface area contributed by atoms with Crippen molar-refractivity contribution in [2.75, 3.05) is 0 Å². The van der Waals surface area contributed by atoms with E-state index >= 15 is 0 Å². The van der Waals surface area contributed by atoms with Gasteiger partial charge in [-0.25, -0.2) is 0 Å². The van der Waals surface area contributed by atoms with Crippen molar-refractivity contribution in [1.82, 2.24) is 4.57 Å². The van der Waals surface area contributed by atoms with Gasteiger partial charge in [-0.05, 0) is 24.6 Å². The Kier molecular flexibility index (Phi) is 4.38. The normalized spacial score (nSPS) is 11.3. The Hall–Kier alpha value is -3.41. The number of rotatable bonds is 5. The van der Waals surface area contributed by atoms with Crippen molar-refractivity contribution in [3.63, 3.8) is 0 Å². The lowest BCUT2D eigenvalue weighted by Crippen LogP contribution is -1.99. The molecule has 0 bridgehead atoms. The zero-order chi connectivity index (χ0) is 16.9. The predicted molar refractivity (Wildman–Crippen MR) is 91.7 cm³/mol. The molecule has 0 aliphatic rings. The molecule has 2 aromatic carbocycles. The van der Waals surface area contributed by atoms with Gasteiger partial charge in [0, 0.05) is 24.5 Å². The fourth-order valence-electron chi connectivity index (χ4n) is 2.24. The number of hydrogen-bond donors (Lipinski definition) is 0. The van der Waals surface area contributed by atoms with Crippen molar-refractivity contribution in [3.8, 4) is 11.4 Å². The van der Waals surface area contributed by atoms with E-state index in [1.165, 1.54) is 12.1 Å². The van der Waals surface area contributed by atoms with Gasteiger partial charge in [0.1, 0.15) is 0 Å². The Morgan fingerprint density at radius 1 is 1.08 bits per heavy atom. The van der Waals surface area contributed by atoms with Crippen LogP contribution in [0, 0.1) is 10.1 Å². The Morgan fingerprint density at radius 2 is 1.79 bits per heavy atom. The molecule has 0 saturated heterocycles. The molecule has 0 fully saturated rings. The molecule has 0 N–H and O–H groups in total. The molecule has 0 aliphatic carbocycles. The minimum absolute atomic E-state index is 0.0521. The quantitative estimate of drug-likeness (QED) is 0.402. The summed E-state index contributed by atoms with van der Waals surface area (Å²) in [5.41, 5.74) is 2.19. The zero-order valence-corrected chi connectivity index (χ0v) is 13.0. The first-order chi connectivity index (χ1) is 11.6. The van der Waals surface area contributed by atoms with E-state index < -0.39 is 4.92 Å². The van der Waals surface area contributed by atoms with Gasteiger partial charge in [-0.15, -0.1) is 0 Å². The summed E-state index contributed by atoms with van der Waals surface area (Å²) < 4.78 is 1.77. The molecule has 0 spiro atoms. The average Bonchev–Trinajstić information content (AvgIpc) is 3.15. The van der Waals surface area contributed by atoms with Crippen LogP contribution in [0.5, 0.6) is 5.75 Å². The molecule has 120 valence electrons. The molecule has 0 radical (unpaired) electrons. The lowest BCUT2D eigenvalue weighted by molar-refractivity contribution is -0.384. The van der Waals surface area contributed by atoms with Crippen molar-refractivity contribution < 1.29 is 9.76 Å². The summed E-state index contributed by atoms with van der Waals surface area (Å²) in [6, 6.07) is 17.8. The van der Waals surface area contributed by atoms with E-state index in [1.807, 2.05) is 49.4 Å². The van der Waals surface area contributed by atoms with Crippen LogP contribution in [-0.2, 0) is 0 Å². The number of nitro groups is 1. The summed E-state index contributed by atoms with van der Waals surface area (Å²) in [5, 5.41) is 15.2. The molecule has 0 unspecified atom stereocenters. The van der Waals surface area contributed by atoms with Crippen LogP contribution < -0.4 is 4.84 Å². The maximum absolute atomic E-state index is 11.1. The van der Waals surface area contributed by atoms with Gasteiger partial charge in [0.15, 0.2) is 5.75 Å². The molecule has 6 heteroatoms. The van der Waals surface area contributed by atoms with Crippen molar-refractivity contribution >= 4 is 11.4 Å². The van der Waals surface area contributed by atoms with Crippen LogP contribution in [0.2, 0.25) is 0 Å². The summed E-state index contributed by atoms with van der Waals surface area (Å²) in [6.07, 6.45) is 3.61. The molecule has 0 atom stereocenters. The standard InChI is InChI=1S/C18H15N3O3/c1-14(15-7-3-2-4-8-15)19-24-18-12-16(20-9-5-6-10-20)11-17(13-18)21(22)23/h2-13H,1H3. The van der Waals surface area contributed by atoms with E-state index in [9.17, 15) is 10.1 Å². The fourth-order valence-corrected chi connectivity index (χ4v) is 2.24. The van der Waals surface area contributed by atoms with Crippen molar-refractivity contribution in [2.24, 2.45) is 5.16 Å². The Morgan fingerprint density at radius 3 is 2.46 bits per heavy atom. The highest BCUT2D eigenvalue weighted by Gasteiger charge is 2.12. The lowest BCUT2D eigenvalue weighted by Gasteiger charge is -2.06. The van der Waals surface area contributed by atoms with Gasteiger partial charge in [-0.3, -0.25) is 10.1 Å². The predicted octanol–water partition coefficient (Wildman–Crippen LogP) is 4.19. The third kappa shape index (κ3) is 3.49. The first kappa shape index (κ1) is 15.5. The van der Waals surface area contributed by atoms with Gasteiger partial charge in [0.25, 0.3) is 5.69 Å². The molecule has 3 aromatic rings. The third-order valence-electron chi connectivity index (χ3n) is 3.47. The summed E-state index contributed by atoms with van der Waals surface area (Å²) in [5.74, 6) is 0.309. The number of non-ortho nitro benzene ring substituents is 1. The van der Waals surface area contributed by atoms with E-state index in [-0.39, 0.29) is 5.69 Å². The molecule has 6 nitrogen and oxygen atoms in total. The smallest absolute Gasteiger partial charge is 0.275 e. The third-order valence-corrected chi connectivity index (χ3v) is 3.47. The number of oxime groups is 1.